The number of carbonyl (C=O) groups excluding carboxylic acids is 1. The molecule has 1 aromatic carbocycles. The summed E-state index contributed by atoms with van der Waals surface area (Å²) >= 11 is 0. The van der Waals surface area contributed by atoms with Gasteiger partial charge in [-0.3, -0.25) is 4.79 Å². The number of nitrogens with zero attached hydrogens (tertiary/aromatic N) is 1. The number of nitrogens with one attached hydrogen (secondary N) is 1. The van der Waals surface area contributed by atoms with E-state index in [1.807, 2.05) is 13.8 Å². The van der Waals surface area contributed by atoms with Crippen molar-refractivity contribution in [3.63, 3.8) is 0 Å². The molecule has 0 fully saturated rings. The highest BCUT2D eigenvalue weighted by Crippen LogP contribution is 2.17. The van der Waals surface area contributed by atoms with Crippen LogP contribution in [0.15, 0.2) is 29.2 Å². The van der Waals surface area contributed by atoms with Crippen molar-refractivity contribution in [2.24, 2.45) is 5.92 Å². The van der Waals surface area contributed by atoms with Crippen molar-refractivity contribution in [1.29, 1.82) is 0 Å². The molecule has 1 aromatic rings. The monoisotopic (exact) mass is 354 g/mol. The zero-order chi connectivity index (χ0) is 18.2. The fraction of sp³-hybridized carbons (Fsp3) is 0.611. The molecule has 0 spiro atoms. The molecule has 1 amide bonds. The van der Waals surface area contributed by atoms with Crippen LogP contribution in [0.25, 0.3) is 0 Å². The van der Waals surface area contributed by atoms with Crippen molar-refractivity contribution >= 4 is 15.9 Å². The molecule has 0 aliphatic heterocycles. The summed E-state index contributed by atoms with van der Waals surface area (Å²) in [5.41, 5.74) is 0.482. The van der Waals surface area contributed by atoms with Gasteiger partial charge in [-0.05, 0) is 49.4 Å². The van der Waals surface area contributed by atoms with E-state index in [9.17, 15) is 13.2 Å². The number of benzene rings is 1. The third kappa shape index (κ3) is 5.91. The highest BCUT2D eigenvalue weighted by molar-refractivity contribution is 7.89. The van der Waals surface area contributed by atoms with Crippen molar-refractivity contribution in [1.82, 2.24) is 9.62 Å². The smallest absolute Gasteiger partial charge is 0.251 e. The summed E-state index contributed by atoms with van der Waals surface area (Å²) in [5, 5.41) is 2.85. The van der Waals surface area contributed by atoms with E-state index in [0.717, 1.165) is 19.3 Å². The average Bonchev–Trinajstić information content (AvgIpc) is 2.54. The van der Waals surface area contributed by atoms with Gasteiger partial charge in [0.2, 0.25) is 10.0 Å². The molecule has 0 unspecified atom stereocenters. The molecule has 0 saturated heterocycles. The number of hydrogen-bond acceptors (Lipinski definition) is 3. The maximum absolute atomic E-state index is 12.7. The molecular weight excluding hydrogens is 324 g/mol. The summed E-state index contributed by atoms with van der Waals surface area (Å²) < 4.78 is 26.8. The Hall–Kier alpha value is -1.40. The number of hydrogen-bond donors (Lipinski definition) is 1. The Labute approximate surface area is 146 Å². The molecule has 1 N–H and O–H groups in total. The standard InChI is InChI=1S/C18H30N2O3S/c1-5-13-20(14-6-2)24(22,23)17-9-7-16(8-10-17)18(21)19-12-11-15(3)4/h7-10,15H,5-6,11-14H2,1-4H3,(H,19,21). The van der Waals surface area contributed by atoms with Crippen LogP contribution in [0.1, 0.15) is 57.3 Å². The Morgan fingerprint density at radius 3 is 2.08 bits per heavy atom. The van der Waals surface area contributed by atoms with Crippen LogP contribution in [-0.2, 0) is 10.0 Å². The van der Waals surface area contributed by atoms with E-state index >= 15 is 0 Å². The van der Waals surface area contributed by atoms with E-state index in [1.54, 1.807) is 12.1 Å². The van der Waals surface area contributed by atoms with Gasteiger partial charge in [-0.25, -0.2) is 8.42 Å². The molecule has 0 aromatic heterocycles. The minimum absolute atomic E-state index is 0.168. The molecule has 0 bridgehead atoms. The van der Waals surface area contributed by atoms with Gasteiger partial charge in [0.1, 0.15) is 0 Å². The van der Waals surface area contributed by atoms with Gasteiger partial charge in [0, 0.05) is 25.2 Å². The van der Waals surface area contributed by atoms with Crippen molar-refractivity contribution in [2.45, 2.75) is 51.9 Å². The third-order valence-corrected chi connectivity index (χ3v) is 5.62. The van der Waals surface area contributed by atoms with Gasteiger partial charge in [-0.2, -0.15) is 4.31 Å². The summed E-state index contributed by atoms with van der Waals surface area (Å²) in [4.78, 5) is 12.3. The molecule has 5 nitrogen and oxygen atoms in total. The van der Waals surface area contributed by atoms with Crippen LogP contribution in [-0.4, -0.2) is 38.3 Å². The van der Waals surface area contributed by atoms with Gasteiger partial charge in [0.25, 0.3) is 5.91 Å². The maximum atomic E-state index is 12.7. The quantitative estimate of drug-likeness (QED) is 0.701. The van der Waals surface area contributed by atoms with Gasteiger partial charge in [-0.1, -0.05) is 27.7 Å². The Balaban J connectivity index is 2.83. The normalized spacial score (nSPS) is 11.9. The first-order valence-corrected chi connectivity index (χ1v) is 10.1. The fourth-order valence-corrected chi connectivity index (χ4v) is 3.98. The van der Waals surface area contributed by atoms with E-state index < -0.39 is 10.0 Å². The van der Waals surface area contributed by atoms with Crippen LogP contribution >= 0.6 is 0 Å². The largest absolute Gasteiger partial charge is 0.352 e. The first-order valence-electron chi connectivity index (χ1n) is 8.71. The summed E-state index contributed by atoms with van der Waals surface area (Å²) in [6.07, 6.45) is 2.46. The van der Waals surface area contributed by atoms with Gasteiger partial charge in [0.15, 0.2) is 0 Å². The molecule has 24 heavy (non-hydrogen) atoms. The lowest BCUT2D eigenvalue weighted by Gasteiger charge is -2.21. The SMILES string of the molecule is CCCN(CCC)S(=O)(=O)c1ccc(C(=O)NCCC(C)C)cc1. The molecule has 136 valence electrons. The predicted octanol–water partition coefficient (Wildman–Crippen LogP) is 3.27. The Morgan fingerprint density at radius 1 is 1.08 bits per heavy atom. The van der Waals surface area contributed by atoms with Crippen LogP contribution in [0.3, 0.4) is 0 Å². The van der Waals surface area contributed by atoms with E-state index in [-0.39, 0.29) is 10.8 Å². The molecule has 0 saturated carbocycles. The highest BCUT2D eigenvalue weighted by atomic mass is 32.2. The second-order valence-corrected chi connectivity index (χ2v) is 8.30. The van der Waals surface area contributed by atoms with Gasteiger partial charge in [-0.15, -0.1) is 0 Å². The summed E-state index contributed by atoms with van der Waals surface area (Å²) in [6.45, 7) is 9.76. The fourth-order valence-electron chi connectivity index (χ4n) is 2.35. The van der Waals surface area contributed by atoms with Gasteiger partial charge < -0.3 is 5.32 Å². The van der Waals surface area contributed by atoms with Crippen molar-refractivity contribution < 1.29 is 13.2 Å². The Morgan fingerprint density at radius 2 is 1.62 bits per heavy atom. The van der Waals surface area contributed by atoms with Crippen molar-refractivity contribution in [2.75, 3.05) is 19.6 Å². The predicted molar refractivity (Wildman–Crippen MR) is 97.6 cm³/mol. The lowest BCUT2D eigenvalue weighted by atomic mass is 10.1. The molecule has 6 heteroatoms. The Kier molecular flexibility index (Phi) is 8.42. The topological polar surface area (TPSA) is 66.5 Å². The number of rotatable bonds is 10. The summed E-state index contributed by atoms with van der Waals surface area (Å²) in [7, 11) is -3.49. The number of sulfonamides is 1. The maximum Gasteiger partial charge on any atom is 0.251 e. The minimum Gasteiger partial charge on any atom is -0.352 e. The van der Waals surface area contributed by atoms with E-state index in [1.165, 1.54) is 16.4 Å². The lowest BCUT2D eigenvalue weighted by Crippen LogP contribution is -2.32. The second-order valence-electron chi connectivity index (χ2n) is 6.37. The third-order valence-electron chi connectivity index (χ3n) is 3.71. The molecule has 0 radical (unpaired) electrons. The zero-order valence-electron chi connectivity index (χ0n) is 15.2. The molecule has 1 rings (SSSR count). The second kappa shape index (κ2) is 9.79. The van der Waals surface area contributed by atoms with Gasteiger partial charge in [0.05, 0.1) is 4.90 Å². The van der Waals surface area contributed by atoms with Crippen molar-refractivity contribution in [3.8, 4) is 0 Å². The molecular formula is C18H30N2O3S. The van der Waals surface area contributed by atoms with E-state index in [2.05, 4.69) is 19.2 Å². The summed E-state index contributed by atoms with van der Waals surface area (Å²) in [5.74, 6) is 0.361. The number of carbonyl (C=O) groups is 1. The first kappa shape index (κ1) is 20.6. The lowest BCUT2D eigenvalue weighted by molar-refractivity contribution is 0.0952. The van der Waals surface area contributed by atoms with Crippen LogP contribution in [0.5, 0.6) is 0 Å². The van der Waals surface area contributed by atoms with Crippen LogP contribution in [0.2, 0.25) is 0 Å². The van der Waals surface area contributed by atoms with Crippen LogP contribution < -0.4 is 5.32 Å². The van der Waals surface area contributed by atoms with E-state index in [0.29, 0.717) is 31.1 Å². The summed E-state index contributed by atoms with van der Waals surface area (Å²) in [6, 6.07) is 6.19. The minimum atomic E-state index is -3.49. The van der Waals surface area contributed by atoms with E-state index in [4.69, 9.17) is 0 Å². The number of amides is 1. The zero-order valence-corrected chi connectivity index (χ0v) is 16.0. The molecule has 0 aliphatic carbocycles. The highest BCUT2D eigenvalue weighted by Gasteiger charge is 2.23. The first-order chi connectivity index (χ1) is 11.3. The average molecular weight is 355 g/mol. The van der Waals surface area contributed by atoms with Crippen molar-refractivity contribution in [3.05, 3.63) is 29.8 Å². The van der Waals surface area contributed by atoms with Crippen LogP contribution in [0.4, 0.5) is 0 Å². The Bertz CT molecular complexity index is 604. The molecule has 0 heterocycles. The van der Waals surface area contributed by atoms with Gasteiger partial charge >= 0.3 is 0 Å². The van der Waals surface area contributed by atoms with Crippen LogP contribution in [0, 0.1) is 5.92 Å². The molecule has 0 aliphatic rings. The molecule has 0 atom stereocenters.